The summed E-state index contributed by atoms with van der Waals surface area (Å²) in [5.41, 5.74) is -0.245. The summed E-state index contributed by atoms with van der Waals surface area (Å²) < 4.78 is 5.95. The van der Waals surface area contributed by atoms with Gasteiger partial charge >= 0.3 is 0 Å². The Hall–Kier alpha value is -1.14. The zero-order chi connectivity index (χ0) is 14.3. The van der Waals surface area contributed by atoms with Crippen molar-refractivity contribution in [2.45, 2.75) is 31.4 Å². The van der Waals surface area contributed by atoms with Gasteiger partial charge in [-0.25, -0.2) is 0 Å². The third kappa shape index (κ3) is 2.54. The van der Waals surface area contributed by atoms with Gasteiger partial charge in [0.15, 0.2) is 0 Å². The minimum absolute atomic E-state index is 0.0308. The topological polar surface area (TPSA) is 61.9 Å². The van der Waals surface area contributed by atoms with Crippen LogP contribution in [0.25, 0.3) is 0 Å². The fourth-order valence-electron chi connectivity index (χ4n) is 3.18. The molecule has 1 aliphatic carbocycles. The first-order chi connectivity index (χ1) is 9.53. The summed E-state index contributed by atoms with van der Waals surface area (Å²) in [6, 6.07) is -0.183. The Labute approximate surface area is 119 Å². The Morgan fingerprint density at radius 1 is 1.30 bits per heavy atom. The molecule has 6 heteroatoms. The highest BCUT2D eigenvalue weighted by Gasteiger charge is 2.51. The maximum atomic E-state index is 12.0. The molecule has 2 amide bonds. The smallest absolute Gasteiger partial charge is 0.239 e. The molecule has 2 aliphatic heterocycles. The summed E-state index contributed by atoms with van der Waals surface area (Å²) in [6.07, 6.45) is 2.54. The van der Waals surface area contributed by atoms with Gasteiger partial charge in [-0.05, 0) is 18.8 Å². The van der Waals surface area contributed by atoms with Crippen molar-refractivity contribution < 1.29 is 14.3 Å². The number of nitrogens with one attached hydrogen (secondary N) is 1. The predicted molar refractivity (Wildman–Crippen MR) is 73.1 cm³/mol. The van der Waals surface area contributed by atoms with E-state index in [1.807, 2.05) is 0 Å². The zero-order valence-corrected chi connectivity index (χ0v) is 12.2. The number of carbonyl (C=O) groups excluding carboxylic acids is 2. The van der Waals surface area contributed by atoms with Crippen LogP contribution >= 0.6 is 0 Å². The minimum atomic E-state index is -0.245. The molecule has 3 aliphatic rings. The number of likely N-dealkylation sites (N-methyl/N-ethyl adjacent to an activating group) is 1. The number of likely N-dealkylation sites (tertiary alicyclic amines) is 1. The lowest BCUT2D eigenvalue weighted by Gasteiger charge is -2.55. The van der Waals surface area contributed by atoms with Crippen LogP contribution in [0.1, 0.15) is 19.8 Å². The van der Waals surface area contributed by atoms with Crippen LogP contribution < -0.4 is 5.32 Å². The first-order valence-corrected chi connectivity index (χ1v) is 7.38. The van der Waals surface area contributed by atoms with Crippen LogP contribution in [0.2, 0.25) is 0 Å². The Morgan fingerprint density at radius 2 is 2.00 bits per heavy atom. The molecule has 1 saturated carbocycles. The average Bonchev–Trinajstić information content (AvgIpc) is 3.18. The number of nitrogens with zero attached hydrogens (tertiary/aromatic N) is 2. The Balaban J connectivity index is 1.65. The van der Waals surface area contributed by atoms with Gasteiger partial charge in [0.2, 0.25) is 11.8 Å². The van der Waals surface area contributed by atoms with Crippen LogP contribution in [-0.2, 0) is 14.3 Å². The second-order valence-corrected chi connectivity index (χ2v) is 6.37. The molecule has 112 valence electrons. The van der Waals surface area contributed by atoms with Gasteiger partial charge in [0.25, 0.3) is 0 Å². The van der Waals surface area contributed by atoms with E-state index in [9.17, 15) is 9.59 Å². The highest BCUT2D eigenvalue weighted by atomic mass is 16.5. The standard InChI is InChI=1S/C14H23N3O3/c1-10(18)17-8-14(9-17)7-16(5-11-3-4-11)12(6-20-14)13(19)15-2/h11-12H,3-9H2,1-2H3,(H,15,19)/t12-/m0/s1. The van der Waals surface area contributed by atoms with Gasteiger partial charge in [0.05, 0.1) is 19.7 Å². The number of ether oxygens (including phenoxy) is 1. The first-order valence-electron chi connectivity index (χ1n) is 7.38. The van der Waals surface area contributed by atoms with E-state index in [1.165, 1.54) is 12.8 Å². The average molecular weight is 281 g/mol. The maximum Gasteiger partial charge on any atom is 0.239 e. The largest absolute Gasteiger partial charge is 0.368 e. The van der Waals surface area contributed by atoms with Crippen LogP contribution in [0.3, 0.4) is 0 Å². The van der Waals surface area contributed by atoms with Crippen LogP contribution in [-0.4, -0.2) is 73.1 Å². The molecule has 3 fully saturated rings. The van der Waals surface area contributed by atoms with Crippen molar-refractivity contribution in [1.82, 2.24) is 15.1 Å². The van der Waals surface area contributed by atoms with Crippen molar-refractivity contribution in [3.05, 3.63) is 0 Å². The summed E-state index contributed by atoms with van der Waals surface area (Å²) in [4.78, 5) is 27.4. The summed E-state index contributed by atoms with van der Waals surface area (Å²) in [5.74, 6) is 0.867. The second-order valence-electron chi connectivity index (χ2n) is 6.37. The van der Waals surface area contributed by atoms with Crippen LogP contribution in [0.4, 0.5) is 0 Å². The third-order valence-electron chi connectivity index (χ3n) is 4.62. The SMILES string of the molecule is CNC(=O)[C@@H]1COC2(CN(C(C)=O)C2)CN1CC1CC1. The van der Waals surface area contributed by atoms with Gasteiger partial charge < -0.3 is 15.0 Å². The summed E-state index contributed by atoms with van der Waals surface area (Å²) in [5, 5.41) is 2.72. The van der Waals surface area contributed by atoms with Crippen molar-refractivity contribution in [2.24, 2.45) is 5.92 Å². The van der Waals surface area contributed by atoms with Gasteiger partial charge in [0.1, 0.15) is 11.6 Å². The van der Waals surface area contributed by atoms with Gasteiger partial charge in [0, 0.05) is 27.1 Å². The number of hydrogen-bond donors (Lipinski definition) is 1. The molecule has 0 aromatic carbocycles. The van der Waals surface area contributed by atoms with E-state index in [0.29, 0.717) is 19.7 Å². The molecular weight excluding hydrogens is 258 g/mol. The normalized spacial score (nSPS) is 29.1. The Kier molecular flexibility index (Phi) is 3.46. The van der Waals surface area contributed by atoms with E-state index in [4.69, 9.17) is 4.74 Å². The van der Waals surface area contributed by atoms with Gasteiger partial charge in [-0.3, -0.25) is 14.5 Å². The number of morpholine rings is 1. The third-order valence-corrected chi connectivity index (χ3v) is 4.62. The molecule has 1 spiro atoms. The maximum absolute atomic E-state index is 12.0. The zero-order valence-electron chi connectivity index (χ0n) is 12.2. The molecule has 0 radical (unpaired) electrons. The first kappa shape index (κ1) is 13.8. The number of amides is 2. The molecule has 3 rings (SSSR count). The molecule has 1 N–H and O–H groups in total. The van der Waals surface area contributed by atoms with Crippen molar-refractivity contribution in [3.8, 4) is 0 Å². The molecule has 20 heavy (non-hydrogen) atoms. The van der Waals surface area contributed by atoms with Gasteiger partial charge in [-0.2, -0.15) is 0 Å². The van der Waals surface area contributed by atoms with Crippen molar-refractivity contribution in [3.63, 3.8) is 0 Å². The molecule has 0 aromatic heterocycles. The molecular formula is C14H23N3O3. The van der Waals surface area contributed by atoms with E-state index in [2.05, 4.69) is 10.2 Å². The lowest BCUT2D eigenvalue weighted by Crippen LogP contribution is -2.73. The summed E-state index contributed by atoms with van der Waals surface area (Å²) >= 11 is 0. The van der Waals surface area contributed by atoms with Crippen molar-refractivity contribution in [2.75, 3.05) is 39.8 Å². The van der Waals surface area contributed by atoms with Crippen molar-refractivity contribution >= 4 is 11.8 Å². The van der Waals surface area contributed by atoms with E-state index < -0.39 is 0 Å². The minimum Gasteiger partial charge on any atom is -0.368 e. The lowest BCUT2D eigenvalue weighted by molar-refractivity contribution is -0.203. The molecule has 1 atom stereocenters. The van der Waals surface area contributed by atoms with Crippen LogP contribution in [0.5, 0.6) is 0 Å². The van der Waals surface area contributed by atoms with Gasteiger partial charge in [-0.1, -0.05) is 0 Å². The molecule has 0 unspecified atom stereocenters. The van der Waals surface area contributed by atoms with Crippen molar-refractivity contribution in [1.29, 1.82) is 0 Å². The predicted octanol–water partition coefficient (Wildman–Crippen LogP) is -0.556. The molecule has 0 bridgehead atoms. The highest BCUT2D eigenvalue weighted by Crippen LogP contribution is 2.35. The molecule has 2 heterocycles. The van der Waals surface area contributed by atoms with E-state index in [0.717, 1.165) is 19.0 Å². The van der Waals surface area contributed by atoms with Gasteiger partial charge in [-0.15, -0.1) is 0 Å². The fourth-order valence-corrected chi connectivity index (χ4v) is 3.18. The molecule has 6 nitrogen and oxygen atoms in total. The van der Waals surface area contributed by atoms with Crippen LogP contribution in [0.15, 0.2) is 0 Å². The lowest BCUT2D eigenvalue weighted by atomic mass is 9.90. The molecule has 0 aromatic rings. The highest BCUT2D eigenvalue weighted by molar-refractivity contribution is 5.81. The quantitative estimate of drug-likeness (QED) is 0.753. The van der Waals surface area contributed by atoms with E-state index in [1.54, 1.807) is 18.9 Å². The summed E-state index contributed by atoms with van der Waals surface area (Å²) in [6.45, 7) is 5.06. The summed E-state index contributed by atoms with van der Waals surface area (Å²) in [7, 11) is 1.67. The second kappa shape index (κ2) is 5.00. The Morgan fingerprint density at radius 3 is 2.55 bits per heavy atom. The number of hydrogen-bond acceptors (Lipinski definition) is 4. The monoisotopic (exact) mass is 281 g/mol. The Bertz CT molecular complexity index is 416. The number of rotatable bonds is 3. The fraction of sp³-hybridized carbons (Fsp3) is 0.857. The van der Waals surface area contributed by atoms with Crippen LogP contribution in [0, 0.1) is 5.92 Å². The van der Waals surface area contributed by atoms with E-state index >= 15 is 0 Å². The van der Waals surface area contributed by atoms with E-state index in [-0.39, 0.29) is 23.5 Å². The number of carbonyl (C=O) groups is 2. The molecule has 2 saturated heterocycles.